The minimum atomic E-state index is -0.810. The largest absolute Gasteiger partial charge is 0.462 e. The highest BCUT2D eigenvalue weighted by Gasteiger charge is 2.19. The maximum absolute atomic E-state index is 12.8. The summed E-state index contributed by atoms with van der Waals surface area (Å²) in [4.78, 5) is 38.0. The first-order chi connectivity index (χ1) is 32.0. The molecule has 0 aliphatic rings. The molecule has 1 atom stereocenters. The van der Waals surface area contributed by atoms with Crippen LogP contribution in [0.5, 0.6) is 0 Å². The Balaban J connectivity index is 4.51. The second-order valence-corrected chi connectivity index (χ2v) is 17.4. The van der Waals surface area contributed by atoms with Crippen LogP contribution in [-0.2, 0) is 28.6 Å². The van der Waals surface area contributed by atoms with E-state index in [1.165, 1.54) is 89.9 Å². The highest BCUT2D eigenvalue weighted by atomic mass is 16.6. The van der Waals surface area contributed by atoms with E-state index in [1.807, 2.05) is 0 Å². The Kier molecular flexibility index (Phi) is 50.0. The molecule has 0 N–H and O–H groups in total. The molecule has 0 bridgehead atoms. The zero-order valence-corrected chi connectivity index (χ0v) is 42.2. The van der Waals surface area contributed by atoms with E-state index in [-0.39, 0.29) is 37.5 Å². The van der Waals surface area contributed by atoms with E-state index in [0.29, 0.717) is 19.3 Å². The number of allylic oxidation sites excluding steroid dienone is 16. The Hall–Kier alpha value is -3.67. The Labute approximate surface area is 400 Å². The lowest BCUT2D eigenvalue weighted by atomic mass is 10.1. The average Bonchev–Trinajstić information content (AvgIpc) is 3.30. The first kappa shape index (κ1) is 61.3. The van der Waals surface area contributed by atoms with Gasteiger partial charge in [0, 0.05) is 19.3 Å². The molecule has 0 aliphatic heterocycles. The van der Waals surface area contributed by atoms with Crippen molar-refractivity contribution in [3.8, 4) is 0 Å². The monoisotopic (exact) mass is 903 g/mol. The van der Waals surface area contributed by atoms with E-state index in [4.69, 9.17) is 14.2 Å². The van der Waals surface area contributed by atoms with E-state index in [2.05, 4.69) is 118 Å². The summed E-state index contributed by atoms with van der Waals surface area (Å²) in [6.07, 6.45) is 69.6. The van der Waals surface area contributed by atoms with Crippen LogP contribution in [0.1, 0.15) is 239 Å². The number of carbonyl (C=O) groups excluding carboxylic acids is 3. The molecule has 0 aromatic heterocycles. The van der Waals surface area contributed by atoms with Gasteiger partial charge in [0.1, 0.15) is 13.2 Å². The molecule has 0 fully saturated rings. The van der Waals surface area contributed by atoms with Gasteiger partial charge in [-0.05, 0) is 116 Å². The quantitative estimate of drug-likeness (QED) is 0.0262. The number of ether oxygens (including phenoxy) is 3. The Morgan fingerprint density at radius 3 is 1.05 bits per heavy atom. The van der Waals surface area contributed by atoms with Gasteiger partial charge in [-0.25, -0.2) is 0 Å². The highest BCUT2D eigenvalue weighted by Crippen LogP contribution is 2.13. The van der Waals surface area contributed by atoms with Gasteiger partial charge in [0.05, 0.1) is 0 Å². The van der Waals surface area contributed by atoms with E-state index in [1.54, 1.807) is 0 Å². The zero-order chi connectivity index (χ0) is 47.2. The molecule has 65 heavy (non-hydrogen) atoms. The van der Waals surface area contributed by atoms with Crippen LogP contribution in [0.15, 0.2) is 97.2 Å². The van der Waals surface area contributed by atoms with Gasteiger partial charge in [-0.1, -0.05) is 201 Å². The third kappa shape index (κ3) is 51.2. The molecule has 6 heteroatoms. The summed E-state index contributed by atoms with van der Waals surface area (Å²) in [5.41, 5.74) is 0. The summed E-state index contributed by atoms with van der Waals surface area (Å²) in [7, 11) is 0. The van der Waals surface area contributed by atoms with Crippen molar-refractivity contribution in [2.24, 2.45) is 0 Å². The molecule has 0 rings (SSSR count). The van der Waals surface area contributed by atoms with Gasteiger partial charge in [0.25, 0.3) is 0 Å². The maximum atomic E-state index is 12.8. The molecular formula is C59H98O6. The number of carbonyl (C=O) groups is 3. The summed E-state index contributed by atoms with van der Waals surface area (Å²) < 4.78 is 16.8. The van der Waals surface area contributed by atoms with Crippen LogP contribution in [0.2, 0.25) is 0 Å². The number of hydrogen-bond acceptors (Lipinski definition) is 6. The normalized spacial score (nSPS) is 12.8. The van der Waals surface area contributed by atoms with Crippen LogP contribution in [0.4, 0.5) is 0 Å². The Morgan fingerprint density at radius 1 is 0.323 bits per heavy atom. The Bertz CT molecular complexity index is 1310. The molecule has 370 valence electrons. The molecule has 0 spiro atoms. The molecule has 0 aromatic carbocycles. The first-order valence-electron chi connectivity index (χ1n) is 26.7. The van der Waals surface area contributed by atoms with Crippen LogP contribution in [-0.4, -0.2) is 37.2 Å². The second kappa shape index (κ2) is 52.9. The van der Waals surface area contributed by atoms with E-state index < -0.39 is 6.10 Å². The SMILES string of the molecule is CC/C=C\C/C=C\C/C=C\C/C=C\C/C=C\CCCC(=O)OC[C@H](COC(=O)CCCCCCCCC/C=C\CCCCCC)OC(=O)CCCCCCC/C=C\C/C=C\CCCCC. The summed E-state index contributed by atoms with van der Waals surface area (Å²) in [5.74, 6) is -0.984. The molecule has 0 amide bonds. The van der Waals surface area contributed by atoms with Crippen LogP contribution in [0, 0.1) is 0 Å². The molecule has 0 saturated heterocycles. The topological polar surface area (TPSA) is 78.9 Å². The highest BCUT2D eigenvalue weighted by molar-refractivity contribution is 5.71. The molecule has 6 nitrogen and oxygen atoms in total. The van der Waals surface area contributed by atoms with Gasteiger partial charge in [0.2, 0.25) is 0 Å². The van der Waals surface area contributed by atoms with Crippen LogP contribution in [0.25, 0.3) is 0 Å². The number of rotatable bonds is 47. The first-order valence-corrected chi connectivity index (χ1v) is 26.7. The van der Waals surface area contributed by atoms with E-state index >= 15 is 0 Å². The summed E-state index contributed by atoms with van der Waals surface area (Å²) in [6.45, 7) is 6.42. The van der Waals surface area contributed by atoms with Gasteiger partial charge >= 0.3 is 17.9 Å². The van der Waals surface area contributed by atoms with Crippen molar-refractivity contribution < 1.29 is 28.6 Å². The van der Waals surface area contributed by atoms with Crippen LogP contribution >= 0.6 is 0 Å². The predicted octanol–water partition coefficient (Wildman–Crippen LogP) is 17.8. The molecule has 0 aliphatic carbocycles. The lowest BCUT2D eigenvalue weighted by molar-refractivity contribution is -0.167. The van der Waals surface area contributed by atoms with Crippen molar-refractivity contribution in [2.75, 3.05) is 13.2 Å². The van der Waals surface area contributed by atoms with E-state index in [0.717, 1.165) is 103 Å². The minimum absolute atomic E-state index is 0.104. The molecule has 0 aromatic rings. The molecule has 0 radical (unpaired) electrons. The summed E-state index contributed by atoms with van der Waals surface area (Å²) in [5, 5.41) is 0. The third-order valence-corrected chi connectivity index (χ3v) is 11.0. The van der Waals surface area contributed by atoms with Crippen molar-refractivity contribution >= 4 is 17.9 Å². The smallest absolute Gasteiger partial charge is 0.306 e. The molecular weight excluding hydrogens is 805 g/mol. The number of hydrogen-bond donors (Lipinski definition) is 0. The fourth-order valence-corrected chi connectivity index (χ4v) is 7.03. The molecule has 0 saturated carbocycles. The molecule has 0 heterocycles. The van der Waals surface area contributed by atoms with Crippen LogP contribution in [0.3, 0.4) is 0 Å². The van der Waals surface area contributed by atoms with Crippen molar-refractivity contribution in [1.82, 2.24) is 0 Å². The minimum Gasteiger partial charge on any atom is -0.462 e. The summed E-state index contributed by atoms with van der Waals surface area (Å²) >= 11 is 0. The fourth-order valence-electron chi connectivity index (χ4n) is 7.03. The van der Waals surface area contributed by atoms with Crippen LogP contribution < -0.4 is 0 Å². The van der Waals surface area contributed by atoms with Gasteiger partial charge in [-0.15, -0.1) is 0 Å². The van der Waals surface area contributed by atoms with Gasteiger partial charge < -0.3 is 14.2 Å². The maximum Gasteiger partial charge on any atom is 0.306 e. The number of unbranched alkanes of at least 4 members (excludes halogenated alkanes) is 20. The van der Waals surface area contributed by atoms with E-state index in [9.17, 15) is 14.4 Å². The Morgan fingerprint density at radius 2 is 0.615 bits per heavy atom. The second-order valence-electron chi connectivity index (χ2n) is 17.4. The van der Waals surface area contributed by atoms with Crippen molar-refractivity contribution in [3.05, 3.63) is 97.2 Å². The van der Waals surface area contributed by atoms with Gasteiger partial charge in [0.15, 0.2) is 6.10 Å². The molecule has 0 unspecified atom stereocenters. The van der Waals surface area contributed by atoms with Gasteiger partial charge in [-0.3, -0.25) is 14.4 Å². The predicted molar refractivity (Wildman–Crippen MR) is 279 cm³/mol. The van der Waals surface area contributed by atoms with Crippen molar-refractivity contribution in [2.45, 2.75) is 245 Å². The zero-order valence-electron chi connectivity index (χ0n) is 42.2. The average molecular weight is 903 g/mol. The van der Waals surface area contributed by atoms with Gasteiger partial charge in [-0.2, -0.15) is 0 Å². The number of esters is 3. The fraction of sp³-hybridized carbons (Fsp3) is 0.678. The standard InChI is InChI=1S/C59H98O6/c1-4-7-10-13-16-19-22-25-28-29-32-34-37-40-43-46-49-52-58(61)64-55-56(65-59(62)53-50-47-44-41-38-35-31-27-24-21-18-15-12-9-6-3)54-63-57(60)51-48-45-42-39-36-33-30-26-23-20-17-14-11-8-5-2/h7,10,16,18-21,23,25,27-28,31-32,34,40,43,56H,4-6,8-9,11-15,17,22,24,26,29-30,33,35-39,41-42,44-55H2,1-3H3/b10-7-,19-16-,21-18-,23-20-,28-25-,31-27-,34-32-,43-40-/t56-/m0/s1. The van der Waals surface area contributed by atoms with Crippen molar-refractivity contribution in [3.63, 3.8) is 0 Å². The van der Waals surface area contributed by atoms with Crippen molar-refractivity contribution in [1.29, 1.82) is 0 Å². The lowest BCUT2D eigenvalue weighted by Gasteiger charge is -2.18. The third-order valence-electron chi connectivity index (χ3n) is 11.0. The lowest BCUT2D eigenvalue weighted by Crippen LogP contribution is -2.30. The summed E-state index contributed by atoms with van der Waals surface area (Å²) in [6, 6.07) is 0.